The first-order valence-electron chi connectivity index (χ1n) is 6.10. The van der Waals surface area contributed by atoms with E-state index in [2.05, 4.69) is 10.6 Å². The van der Waals surface area contributed by atoms with Crippen LogP contribution in [-0.4, -0.2) is 6.03 Å². The number of aryl methyl sites for hydroxylation is 1. The van der Waals surface area contributed by atoms with Gasteiger partial charge in [-0.2, -0.15) is 0 Å². The Balaban J connectivity index is 1.90. The van der Waals surface area contributed by atoms with E-state index in [1.165, 1.54) is 5.56 Å². The second-order valence-corrected chi connectivity index (χ2v) is 5.26. The van der Waals surface area contributed by atoms with Crippen molar-refractivity contribution >= 4 is 34.9 Å². The van der Waals surface area contributed by atoms with Crippen molar-refractivity contribution in [3.05, 3.63) is 63.6 Å². The second kappa shape index (κ2) is 6.64. The van der Waals surface area contributed by atoms with Crippen LogP contribution < -0.4 is 10.6 Å². The summed E-state index contributed by atoms with van der Waals surface area (Å²) in [6, 6.07) is 12.6. The number of anilines is 1. The summed E-state index contributed by atoms with van der Waals surface area (Å²) < 4.78 is 0. The van der Waals surface area contributed by atoms with E-state index in [-0.39, 0.29) is 6.03 Å². The lowest BCUT2D eigenvalue weighted by Gasteiger charge is -2.09. The van der Waals surface area contributed by atoms with Crippen molar-refractivity contribution in [3.63, 3.8) is 0 Å². The molecule has 0 fully saturated rings. The van der Waals surface area contributed by atoms with E-state index >= 15 is 0 Å². The lowest BCUT2D eigenvalue weighted by molar-refractivity contribution is 0.251. The summed E-state index contributed by atoms with van der Waals surface area (Å²) in [6.07, 6.45) is 0. The third-order valence-corrected chi connectivity index (χ3v) is 3.30. The highest BCUT2D eigenvalue weighted by Crippen LogP contribution is 2.25. The molecule has 2 N–H and O–H groups in total. The molecule has 2 aromatic carbocycles. The molecule has 2 rings (SSSR count). The average molecular weight is 309 g/mol. The van der Waals surface area contributed by atoms with Gasteiger partial charge in [-0.1, -0.05) is 53.0 Å². The Kier molecular flexibility index (Phi) is 4.88. The summed E-state index contributed by atoms with van der Waals surface area (Å²) in [5.41, 5.74) is 2.75. The normalized spacial score (nSPS) is 10.2. The predicted octanol–water partition coefficient (Wildman–Crippen LogP) is 4.62. The number of nitrogens with one attached hydrogen (secondary N) is 2. The smallest absolute Gasteiger partial charge is 0.319 e. The zero-order valence-electron chi connectivity index (χ0n) is 10.9. The van der Waals surface area contributed by atoms with Crippen LogP contribution >= 0.6 is 23.2 Å². The van der Waals surface area contributed by atoms with Crippen molar-refractivity contribution < 1.29 is 4.79 Å². The van der Waals surface area contributed by atoms with E-state index in [0.717, 1.165) is 5.56 Å². The molecule has 0 heterocycles. The zero-order chi connectivity index (χ0) is 14.5. The first-order chi connectivity index (χ1) is 9.54. The van der Waals surface area contributed by atoms with Gasteiger partial charge in [-0.3, -0.25) is 0 Å². The second-order valence-electron chi connectivity index (χ2n) is 4.42. The van der Waals surface area contributed by atoms with E-state index in [9.17, 15) is 4.79 Å². The van der Waals surface area contributed by atoms with Crippen molar-refractivity contribution in [2.24, 2.45) is 0 Å². The van der Waals surface area contributed by atoms with Crippen LogP contribution in [0.2, 0.25) is 10.0 Å². The number of urea groups is 1. The number of halogens is 2. The van der Waals surface area contributed by atoms with Crippen LogP contribution in [0.15, 0.2) is 42.5 Å². The van der Waals surface area contributed by atoms with Gasteiger partial charge in [0, 0.05) is 11.6 Å². The van der Waals surface area contributed by atoms with E-state index in [1.54, 1.807) is 18.2 Å². The van der Waals surface area contributed by atoms with Crippen LogP contribution in [0, 0.1) is 6.92 Å². The Hall–Kier alpha value is -1.71. The van der Waals surface area contributed by atoms with Gasteiger partial charge >= 0.3 is 6.03 Å². The van der Waals surface area contributed by atoms with E-state index in [0.29, 0.717) is 22.3 Å². The molecule has 0 radical (unpaired) electrons. The molecule has 0 saturated heterocycles. The van der Waals surface area contributed by atoms with Gasteiger partial charge in [0.2, 0.25) is 0 Å². The predicted molar refractivity (Wildman–Crippen MR) is 83.5 cm³/mol. The van der Waals surface area contributed by atoms with Crippen LogP contribution in [0.5, 0.6) is 0 Å². The SMILES string of the molecule is Cc1ccc(CNC(=O)Nc2ccc(Cl)cc2Cl)cc1. The fraction of sp³-hybridized carbons (Fsp3) is 0.133. The number of carbonyl (C=O) groups excluding carboxylic acids is 1. The van der Waals surface area contributed by atoms with E-state index in [4.69, 9.17) is 23.2 Å². The van der Waals surface area contributed by atoms with Gasteiger partial charge in [-0.25, -0.2) is 4.79 Å². The highest BCUT2D eigenvalue weighted by Gasteiger charge is 2.05. The molecule has 2 amide bonds. The molecule has 104 valence electrons. The highest BCUT2D eigenvalue weighted by molar-refractivity contribution is 6.36. The number of hydrogen-bond donors (Lipinski definition) is 2. The first kappa shape index (κ1) is 14.7. The van der Waals surface area contributed by atoms with Crippen molar-refractivity contribution in [1.29, 1.82) is 0 Å². The summed E-state index contributed by atoms with van der Waals surface area (Å²) in [5, 5.41) is 6.38. The highest BCUT2D eigenvalue weighted by atomic mass is 35.5. The van der Waals surface area contributed by atoms with Gasteiger partial charge in [0.15, 0.2) is 0 Å². The van der Waals surface area contributed by atoms with Gasteiger partial charge in [-0.05, 0) is 30.7 Å². The molecule has 0 atom stereocenters. The molecule has 5 heteroatoms. The number of carbonyl (C=O) groups is 1. The summed E-state index contributed by atoms with van der Waals surface area (Å²) in [5.74, 6) is 0. The fourth-order valence-electron chi connectivity index (χ4n) is 1.65. The molecule has 0 spiro atoms. The monoisotopic (exact) mass is 308 g/mol. The van der Waals surface area contributed by atoms with Crippen molar-refractivity contribution in [2.75, 3.05) is 5.32 Å². The largest absolute Gasteiger partial charge is 0.334 e. The van der Waals surface area contributed by atoms with E-state index in [1.807, 2.05) is 31.2 Å². The van der Waals surface area contributed by atoms with Crippen molar-refractivity contribution in [3.8, 4) is 0 Å². The molecule has 0 bridgehead atoms. The zero-order valence-corrected chi connectivity index (χ0v) is 12.4. The summed E-state index contributed by atoms with van der Waals surface area (Å²) in [7, 11) is 0. The molecule has 0 aliphatic heterocycles. The van der Waals surface area contributed by atoms with E-state index < -0.39 is 0 Å². The van der Waals surface area contributed by atoms with Gasteiger partial charge in [-0.15, -0.1) is 0 Å². The molecule has 0 unspecified atom stereocenters. The average Bonchev–Trinajstić information content (AvgIpc) is 2.41. The third kappa shape index (κ3) is 4.15. The van der Waals surface area contributed by atoms with Crippen LogP contribution in [0.25, 0.3) is 0 Å². The Morgan fingerprint density at radius 1 is 1.10 bits per heavy atom. The minimum Gasteiger partial charge on any atom is -0.334 e. The van der Waals surface area contributed by atoms with Crippen molar-refractivity contribution in [1.82, 2.24) is 5.32 Å². The summed E-state index contributed by atoms with van der Waals surface area (Å²) in [4.78, 5) is 11.8. The maximum absolute atomic E-state index is 11.8. The minimum atomic E-state index is -0.310. The molecule has 0 aromatic heterocycles. The topological polar surface area (TPSA) is 41.1 Å². The fourth-order valence-corrected chi connectivity index (χ4v) is 2.10. The maximum Gasteiger partial charge on any atom is 0.319 e. The van der Waals surface area contributed by atoms with Crippen LogP contribution in [0.1, 0.15) is 11.1 Å². The number of amides is 2. The standard InChI is InChI=1S/C15H14Cl2N2O/c1-10-2-4-11(5-3-10)9-18-15(20)19-14-7-6-12(16)8-13(14)17/h2-8H,9H2,1H3,(H2,18,19,20). The molecule has 3 nitrogen and oxygen atoms in total. The minimum absolute atomic E-state index is 0.310. The van der Waals surface area contributed by atoms with Crippen LogP contribution in [-0.2, 0) is 6.54 Å². The Labute approximate surface area is 127 Å². The molecule has 0 saturated carbocycles. The number of benzene rings is 2. The van der Waals surface area contributed by atoms with Gasteiger partial charge in [0.25, 0.3) is 0 Å². The molecule has 20 heavy (non-hydrogen) atoms. The Morgan fingerprint density at radius 2 is 1.80 bits per heavy atom. The van der Waals surface area contributed by atoms with Crippen molar-refractivity contribution in [2.45, 2.75) is 13.5 Å². The first-order valence-corrected chi connectivity index (χ1v) is 6.85. The lowest BCUT2D eigenvalue weighted by Crippen LogP contribution is -2.28. The lowest BCUT2D eigenvalue weighted by atomic mass is 10.1. The van der Waals surface area contributed by atoms with Gasteiger partial charge < -0.3 is 10.6 Å². The summed E-state index contributed by atoms with van der Waals surface area (Å²) in [6.45, 7) is 2.48. The molecule has 0 aliphatic rings. The number of rotatable bonds is 3. The third-order valence-electron chi connectivity index (χ3n) is 2.75. The molecule has 0 aliphatic carbocycles. The van der Waals surface area contributed by atoms with Gasteiger partial charge in [0.1, 0.15) is 0 Å². The molecular formula is C15H14Cl2N2O. The quantitative estimate of drug-likeness (QED) is 0.853. The molecule has 2 aromatic rings. The van der Waals surface area contributed by atoms with Crippen LogP contribution in [0.4, 0.5) is 10.5 Å². The summed E-state index contributed by atoms with van der Waals surface area (Å²) >= 11 is 11.8. The Morgan fingerprint density at radius 3 is 2.45 bits per heavy atom. The number of hydrogen-bond acceptors (Lipinski definition) is 1. The maximum atomic E-state index is 11.8. The molecular weight excluding hydrogens is 295 g/mol. The van der Waals surface area contributed by atoms with Gasteiger partial charge in [0.05, 0.1) is 10.7 Å². The Bertz CT molecular complexity index is 612. The van der Waals surface area contributed by atoms with Crippen LogP contribution in [0.3, 0.4) is 0 Å².